The van der Waals surface area contributed by atoms with E-state index in [9.17, 15) is 29.7 Å². The molecule has 4 heterocycles. The van der Waals surface area contributed by atoms with Gasteiger partial charge in [0, 0.05) is 75.2 Å². The number of carbonyl (C=O) groups excluding carboxylic acids is 3. The molecule has 3 amide bonds. The number of phenolic OH excluding ortho intramolecular Hbond substituents is 2. The van der Waals surface area contributed by atoms with Crippen LogP contribution in [0.15, 0.2) is 70.7 Å². The highest BCUT2D eigenvalue weighted by Gasteiger charge is 2.34. The van der Waals surface area contributed by atoms with E-state index < -0.39 is 17.2 Å². The summed E-state index contributed by atoms with van der Waals surface area (Å²) < 4.78 is 6.89. The average molecular weight is 957 g/mol. The SMILES string of the molecule is CC(C)c1cc(-c2nnc(O)n2-c2ccc(CN3CCN(C(=O)CCC(=O)Nc4cccc(Sc5ncc(N6CCC(C)(NC(=O)OC(C)(C)C)CC6)nc5N)c4Cl)CC3)cc2)c(O)cc1O. The number of piperazine rings is 1. The summed E-state index contributed by atoms with van der Waals surface area (Å²) in [5.74, 6) is 0.422. The Kier molecular flexibility index (Phi) is 14.7. The standard InChI is InChI=1S/C47H58ClN11O7S/c1-28(2)31-24-32(35(61)25-34(31)60)42-54-55-44(64)59(42)30-12-10-29(11-13-30)27-56-20-22-58(23-21-56)39(63)15-14-38(62)51-33-8-7-9-36(40(33)48)67-43-41(49)52-37(26-50-43)57-18-16-47(6,17-19-57)53-45(65)66-46(3,4)5/h7-13,24-26,28,60-61H,14-23,27H2,1-6H3,(H2,49,52)(H,51,62)(H,53,65)(H,55,64). The summed E-state index contributed by atoms with van der Waals surface area (Å²) in [4.78, 5) is 54.6. The molecule has 2 aliphatic rings. The number of nitrogens with two attached hydrogens (primary N) is 1. The molecule has 7 N–H and O–H groups in total. The largest absolute Gasteiger partial charge is 0.508 e. The minimum absolute atomic E-state index is 0.0132. The number of halogens is 1. The monoisotopic (exact) mass is 955 g/mol. The number of piperidine rings is 1. The van der Waals surface area contributed by atoms with E-state index in [0.29, 0.717) is 102 Å². The van der Waals surface area contributed by atoms with Gasteiger partial charge in [0.25, 0.3) is 0 Å². The quantitative estimate of drug-likeness (QED) is 0.0679. The number of benzene rings is 3. The van der Waals surface area contributed by atoms with Gasteiger partial charge in [0.15, 0.2) is 11.6 Å². The zero-order valence-electron chi connectivity index (χ0n) is 38.5. The number of aromatic hydroxyl groups is 3. The van der Waals surface area contributed by atoms with Crippen LogP contribution in [0.3, 0.4) is 0 Å². The number of nitrogens with zero attached hydrogens (tertiary/aromatic N) is 8. The molecule has 356 valence electrons. The number of alkyl carbamates (subject to hydrolysis) is 1. The van der Waals surface area contributed by atoms with Crippen LogP contribution in [-0.4, -0.2) is 118 Å². The fourth-order valence-corrected chi connectivity index (χ4v) is 9.09. The van der Waals surface area contributed by atoms with Crippen molar-refractivity contribution in [2.45, 2.75) is 101 Å². The van der Waals surface area contributed by atoms with E-state index in [1.165, 1.54) is 22.4 Å². The first kappa shape index (κ1) is 48.6. The molecule has 2 aliphatic heterocycles. The molecule has 0 aliphatic carbocycles. The van der Waals surface area contributed by atoms with Crippen LogP contribution in [0, 0.1) is 0 Å². The first-order valence-electron chi connectivity index (χ1n) is 22.2. The third-order valence-corrected chi connectivity index (χ3v) is 13.3. The Morgan fingerprint density at radius 2 is 1.64 bits per heavy atom. The molecule has 67 heavy (non-hydrogen) atoms. The Labute approximate surface area is 398 Å². The molecule has 5 aromatic rings. The molecular weight excluding hydrogens is 898 g/mol. The van der Waals surface area contributed by atoms with Crippen molar-refractivity contribution in [3.05, 3.63) is 76.9 Å². The van der Waals surface area contributed by atoms with Crippen LogP contribution in [0.1, 0.15) is 84.3 Å². The Bertz CT molecular complexity index is 2610. The van der Waals surface area contributed by atoms with Crippen LogP contribution in [0.4, 0.5) is 22.1 Å². The zero-order chi connectivity index (χ0) is 48.2. The molecule has 2 aromatic heterocycles. The Balaban J connectivity index is 0.859. The summed E-state index contributed by atoms with van der Waals surface area (Å²) >= 11 is 8.00. The van der Waals surface area contributed by atoms with E-state index >= 15 is 0 Å². The van der Waals surface area contributed by atoms with E-state index in [1.807, 2.05) is 65.8 Å². The molecule has 0 saturated carbocycles. The third-order valence-electron chi connectivity index (χ3n) is 11.7. The van der Waals surface area contributed by atoms with Crippen molar-refractivity contribution in [2.75, 3.05) is 55.2 Å². The van der Waals surface area contributed by atoms with Crippen LogP contribution in [-0.2, 0) is 20.9 Å². The van der Waals surface area contributed by atoms with Crippen LogP contribution in [0.5, 0.6) is 17.5 Å². The van der Waals surface area contributed by atoms with Gasteiger partial charge < -0.3 is 46.2 Å². The molecule has 2 fully saturated rings. The Morgan fingerprint density at radius 1 is 0.940 bits per heavy atom. The first-order valence-corrected chi connectivity index (χ1v) is 23.4. The molecule has 0 radical (unpaired) electrons. The van der Waals surface area contributed by atoms with Gasteiger partial charge in [-0.05, 0) is 87.9 Å². The van der Waals surface area contributed by atoms with Gasteiger partial charge in [0.05, 0.1) is 28.2 Å². The first-order chi connectivity index (χ1) is 31.8. The second-order valence-corrected chi connectivity index (χ2v) is 19.8. The van der Waals surface area contributed by atoms with E-state index in [-0.39, 0.29) is 59.7 Å². The van der Waals surface area contributed by atoms with Crippen LogP contribution >= 0.6 is 23.4 Å². The Morgan fingerprint density at radius 3 is 2.30 bits per heavy atom. The lowest BCUT2D eigenvalue weighted by atomic mass is 9.90. The van der Waals surface area contributed by atoms with Gasteiger partial charge in [-0.3, -0.25) is 14.5 Å². The van der Waals surface area contributed by atoms with E-state index in [0.717, 1.165) is 5.56 Å². The number of nitrogen functional groups attached to an aromatic ring is 1. The fraction of sp³-hybridized carbons (Fsp3) is 0.426. The number of anilines is 3. The normalized spacial score (nSPS) is 15.4. The minimum atomic E-state index is -0.580. The third kappa shape index (κ3) is 12.0. The fourth-order valence-electron chi connectivity index (χ4n) is 7.99. The molecule has 7 rings (SSSR count). The van der Waals surface area contributed by atoms with Crippen LogP contribution in [0.25, 0.3) is 17.1 Å². The maximum absolute atomic E-state index is 13.2. The number of rotatable bonds is 13. The molecule has 20 heteroatoms. The number of hydrogen-bond donors (Lipinski definition) is 6. The molecule has 0 unspecified atom stereocenters. The summed E-state index contributed by atoms with van der Waals surface area (Å²) in [6.45, 7) is 15.6. The molecule has 3 aromatic carbocycles. The highest BCUT2D eigenvalue weighted by Crippen LogP contribution is 2.40. The number of amides is 3. The molecule has 0 atom stereocenters. The van der Waals surface area contributed by atoms with Crippen molar-refractivity contribution < 1.29 is 34.4 Å². The van der Waals surface area contributed by atoms with Gasteiger partial charge in [-0.15, -0.1) is 5.10 Å². The predicted octanol–water partition coefficient (Wildman–Crippen LogP) is 7.30. The number of aromatic nitrogens is 5. The van der Waals surface area contributed by atoms with Crippen molar-refractivity contribution in [3.8, 4) is 34.6 Å². The maximum atomic E-state index is 13.2. The molecule has 0 bridgehead atoms. The number of phenols is 2. The number of hydrogen-bond acceptors (Lipinski definition) is 15. The van der Waals surface area contributed by atoms with Crippen molar-refractivity contribution >= 4 is 58.6 Å². The van der Waals surface area contributed by atoms with Gasteiger partial charge in [-0.25, -0.2) is 19.3 Å². The van der Waals surface area contributed by atoms with Crippen LogP contribution in [0.2, 0.25) is 5.02 Å². The summed E-state index contributed by atoms with van der Waals surface area (Å²) in [6, 6.07) is 15.4. The molecule has 2 saturated heterocycles. The summed E-state index contributed by atoms with van der Waals surface area (Å²) in [6.07, 6.45) is 2.64. The maximum Gasteiger partial charge on any atom is 0.408 e. The van der Waals surface area contributed by atoms with Crippen molar-refractivity contribution in [1.29, 1.82) is 0 Å². The second-order valence-electron chi connectivity index (χ2n) is 18.4. The Hall–Kier alpha value is -6.31. The van der Waals surface area contributed by atoms with Crippen LogP contribution < -0.4 is 21.3 Å². The van der Waals surface area contributed by atoms with E-state index in [1.54, 1.807) is 35.4 Å². The minimum Gasteiger partial charge on any atom is -0.508 e. The lowest BCUT2D eigenvalue weighted by Crippen LogP contribution is -2.54. The van der Waals surface area contributed by atoms with Crippen molar-refractivity contribution in [2.24, 2.45) is 0 Å². The molecule has 18 nitrogen and oxygen atoms in total. The van der Waals surface area contributed by atoms with Gasteiger partial charge in [0.1, 0.15) is 27.9 Å². The zero-order valence-corrected chi connectivity index (χ0v) is 40.1. The van der Waals surface area contributed by atoms with Gasteiger partial charge in [-0.1, -0.05) is 60.5 Å². The molecule has 0 spiro atoms. The van der Waals surface area contributed by atoms with Gasteiger partial charge >= 0.3 is 12.1 Å². The smallest absolute Gasteiger partial charge is 0.408 e. The van der Waals surface area contributed by atoms with Gasteiger partial charge in [-0.2, -0.15) is 0 Å². The lowest BCUT2D eigenvalue weighted by molar-refractivity contribution is -0.134. The van der Waals surface area contributed by atoms with Crippen molar-refractivity contribution in [1.82, 2.24) is 39.8 Å². The predicted molar refractivity (Wildman–Crippen MR) is 257 cm³/mol. The summed E-state index contributed by atoms with van der Waals surface area (Å²) in [7, 11) is 0. The number of ether oxygens (including phenoxy) is 1. The van der Waals surface area contributed by atoms with E-state index in [2.05, 4.69) is 40.6 Å². The molecular formula is C47H58ClN11O7S. The lowest BCUT2D eigenvalue weighted by Gasteiger charge is -2.40. The average Bonchev–Trinajstić information content (AvgIpc) is 3.65. The van der Waals surface area contributed by atoms with Gasteiger partial charge in [0.2, 0.25) is 11.8 Å². The number of nitrogens with one attached hydrogen (secondary N) is 2. The summed E-state index contributed by atoms with van der Waals surface area (Å²) in [5, 5.41) is 46.2. The number of carbonyl (C=O) groups is 3. The second kappa shape index (κ2) is 20.3. The summed E-state index contributed by atoms with van der Waals surface area (Å²) in [5.41, 5.74) is 8.36. The van der Waals surface area contributed by atoms with E-state index in [4.69, 9.17) is 22.1 Å². The highest BCUT2D eigenvalue weighted by atomic mass is 35.5. The topological polar surface area (TPSA) is 237 Å². The highest BCUT2D eigenvalue weighted by molar-refractivity contribution is 7.99. The van der Waals surface area contributed by atoms with Crippen molar-refractivity contribution in [3.63, 3.8) is 0 Å².